The van der Waals surface area contributed by atoms with Crippen molar-refractivity contribution in [2.45, 2.75) is 6.61 Å². The van der Waals surface area contributed by atoms with E-state index in [0.717, 1.165) is 5.56 Å². The van der Waals surface area contributed by atoms with E-state index in [1.54, 1.807) is 18.1 Å². The van der Waals surface area contributed by atoms with Gasteiger partial charge in [0.25, 0.3) is 0 Å². The molecule has 1 N–H and O–H groups in total. The number of thiazole rings is 1. The maximum absolute atomic E-state index is 11.7. The Balaban J connectivity index is 1.73. The van der Waals surface area contributed by atoms with Gasteiger partial charge >= 0.3 is 6.09 Å². The van der Waals surface area contributed by atoms with Gasteiger partial charge in [-0.2, -0.15) is 0 Å². The molecule has 21 heavy (non-hydrogen) atoms. The van der Waals surface area contributed by atoms with Crippen molar-refractivity contribution >= 4 is 28.5 Å². The molecule has 2 amide bonds. The molecule has 1 heterocycles. The minimum absolute atomic E-state index is 0.0357. The summed E-state index contributed by atoms with van der Waals surface area (Å²) in [5, 5.41) is 4.71. The van der Waals surface area contributed by atoms with Crippen LogP contribution in [0.4, 0.5) is 9.93 Å². The first-order valence-electron chi connectivity index (χ1n) is 6.26. The van der Waals surface area contributed by atoms with Crippen LogP contribution in [0.15, 0.2) is 41.9 Å². The molecule has 0 bridgehead atoms. The third kappa shape index (κ3) is 4.88. The van der Waals surface area contributed by atoms with E-state index in [0.29, 0.717) is 5.13 Å². The summed E-state index contributed by atoms with van der Waals surface area (Å²) in [4.78, 5) is 28.9. The second-order valence-electron chi connectivity index (χ2n) is 4.28. The van der Waals surface area contributed by atoms with E-state index in [1.807, 2.05) is 35.7 Å². The number of ether oxygens (including phenoxy) is 1. The normalized spacial score (nSPS) is 9.95. The van der Waals surface area contributed by atoms with Gasteiger partial charge in [0.2, 0.25) is 5.91 Å². The monoisotopic (exact) mass is 305 g/mol. The zero-order chi connectivity index (χ0) is 15.1. The molecule has 0 aliphatic carbocycles. The Labute approximate surface area is 126 Å². The van der Waals surface area contributed by atoms with Crippen molar-refractivity contribution in [3.05, 3.63) is 47.5 Å². The van der Waals surface area contributed by atoms with Crippen LogP contribution in [-0.4, -0.2) is 30.6 Å². The van der Waals surface area contributed by atoms with Gasteiger partial charge in [-0.3, -0.25) is 10.1 Å². The Morgan fingerprint density at radius 3 is 2.76 bits per heavy atom. The smallest absolute Gasteiger partial charge is 0.414 e. The highest BCUT2D eigenvalue weighted by molar-refractivity contribution is 7.13. The molecule has 1 aromatic carbocycles. The fraction of sp³-hybridized carbons (Fsp3) is 0.214. The highest BCUT2D eigenvalue weighted by Gasteiger charge is 2.13. The number of carbonyl (C=O) groups is 2. The number of alkyl carbamates (subject to hydrolysis) is 1. The first-order valence-corrected chi connectivity index (χ1v) is 7.14. The molecular formula is C14H15N3O3S. The Morgan fingerprint density at radius 1 is 1.33 bits per heavy atom. The molecule has 1 aromatic heterocycles. The van der Waals surface area contributed by atoms with Crippen molar-refractivity contribution in [1.82, 2.24) is 10.3 Å². The van der Waals surface area contributed by atoms with E-state index in [9.17, 15) is 9.59 Å². The lowest BCUT2D eigenvalue weighted by atomic mass is 10.2. The summed E-state index contributed by atoms with van der Waals surface area (Å²) in [6.45, 7) is 0.163. The van der Waals surface area contributed by atoms with Gasteiger partial charge in [-0.05, 0) is 5.56 Å². The van der Waals surface area contributed by atoms with Crippen molar-refractivity contribution in [2.75, 3.05) is 18.5 Å². The van der Waals surface area contributed by atoms with Gasteiger partial charge in [0.1, 0.15) is 6.61 Å². The number of benzene rings is 1. The van der Waals surface area contributed by atoms with Crippen LogP contribution >= 0.6 is 11.3 Å². The van der Waals surface area contributed by atoms with E-state index >= 15 is 0 Å². The Kier molecular flexibility index (Phi) is 5.28. The Bertz CT molecular complexity index is 587. The molecule has 2 rings (SSSR count). The molecule has 6 nitrogen and oxygen atoms in total. The number of hydrogen-bond acceptors (Lipinski definition) is 6. The fourth-order valence-electron chi connectivity index (χ4n) is 1.60. The van der Waals surface area contributed by atoms with Crippen LogP contribution < -0.4 is 10.2 Å². The molecule has 0 spiro atoms. The molecule has 0 aliphatic heterocycles. The lowest BCUT2D eigenvalue weighted by Gasteiger charge is -2.14. The summed E-state index contributed by atoms with van der Waals surface area (Å²) in [6.07, 6.45) is 0.902. The Hall–Kier alpha value is -2.41. The molecular weight excluding hydrogens is 290 g/mol. The summed E-state index contributed by atoms with van der Waals surface area (Å²) in [5.41, 5.74) is 0.861. The number of anilines is 1. The minimum atomic E-state index is -0.753. The van der Waals surface area contributed by atoms with Crippen LogP contribution in [0.5, 0.6) is 0 Å². The second kappa shape index (κ2) is 7.39. The molecule has 7 heteroatoms. The van der Waals surface area contributed by atoms with Crippen molar-refractivity contribution < 1.29 is 14.3 Å². The van der Waals surface area contributed by atoms with Gasteiger partial charge < -0.3 is 9.64 Å². The average molecular weight is 305 g/mol. The standard InChI is InChI=1S/C14H15N3O3S/c1-17(13-15-7-8-21-13)9-12(18)16-14(19)20-10-11-5-3-2-4-6-11/h2-8H,9-10H2,1H3,(H,16,18,19). The zero-order valence-corrected chi connectivity index (χ0v) is 12.3. The van der Waals surface area contributed by atoms with Gasteiger partial charge in [-0.15, -0.1) is 11.3 Å². The van der Waals surface area contributed by atoms with Crippen molar-refractivity contribution in [2.24, 2.45) is 0 Å². The van der Waals surface area contributed by atoms with Crippen LogP contribution in [0.3, 0.4) is 0 Å². The third-order valence-electron chi connectivity index (χ3n) is 2.58. The molecule has 110 valence electrons. The van der Waals surface area contributed by atoms with Gasteiger partial charge in [0.15, 0.2) is 5.13 Å². The number of likely N-dealkylation sites (N-methyl/N-ethyl adjacent to an activating group) is 1. The van der Waals surface area contributed by atoms with Crippen LogP contribution in [0.1, 0.15) is 5.56 Å². The van der Waals surface area contributed by atoms with Crippen molar-refractivity contribution in [1.29, 1.82) is 0 Å². The maximum atomic E-state index is 11.7. The first kappa shape index (κ1) is 15.0. The average Bonchev–Trinajstić information content (AvgIpc) is 3.00. The number of carbonyl (C=O) groups excluding carboxylic acids is 2. The molecule has 0 saturated heterocycles. The summed E-state index contributed by atoms with van der Waals surface area (Å²) in [7, 11) is 1.73. The van der Waals surface area contributed by atoms with E-state index in [1.165, 1.54) is 11.3 Å². The highest BCUT2D eigenvalue weighted by Crippen LogP contribution is 2.14. The van der Waals surface area contributed by atoms with Gasteiger partial charge in [-0.1, -0.05) is 30.3 Å². The lowest BCUT2D eigenvalue weighted by molar-refractivity contribution is -0.119. The molecule has 0 fully saturated rings. The maximum Gasteiger partial charge on any atom is 0.414 e. The van der Waals surface area contributed by atoms with E-state index in [2.05, 4.69) is 10.3 Å². The number of nitrogens with zero attached hydrogens (tertiary/aromatic N) is 2. The largest absolute Gasteiger partial charge is 0.444 e. The molecule has 0 aliphatic rings. The van der Waals surface area contributed by atoms with E-state index < -0.39 is 12.0 Å². The van der Waals surface area contributed by atoms with E-state index in [-0.39, 0.29) is 13.2 Å². The molecule has 0 unspecified atom stereocenters. The first-order chi connectivity index (χ1) is 10.1. The quantitative estimate of drug-likeness (QED) is 0.915. The number of imide groups is 1. The minimum Gasteiger partial charge on any atom is -0.444 e. The summed E-state index contributed by atoms with van der Waals surface area (Å²) >= 11 is 1.42. The zero-order valence-electron chi connectivity index (χ0n) is 11.5. The van der Waals surface area contributed by atoms with E-state index in [4.69, 9.17) is 4.74 Å². The van der Waals surface area contributed by atoms with Gasteiger partial charge in [-0.25, -0.2) is 9.78 Å². The van der Waals surface area contributed by atoms with Gasteiger partial charge in [0.05, 0.1) is 6.54 Å². The predicted molar refractivity (Wildman–Crippen MR) is 80.2 cm³/mol. The lowest BCUT2D eigenvalue weighted by Crippen LogP contribution is -2.38. The summed E-state index contributed by atoms with van der Waals surface area (Å²) in [6, 6.07) is 9.26. The van der Waals surface area contributed by atoms with Crippen molar-refractivity contribution in [3.63, 3.8) is 0 Å². The van der Waals surface area contributed by atoms with Crippen LogP contribution in [0.2, 0.25) is 0 Å². The molecule has 0 radical (unpaired) electrons. The number of hydrogen-bond donors (Lipinski definition) is 1. The number of amides is 2. The number of rotatable bonds is 5. The van der Waals surface area contributed by atoms with Gasteiger partial charge in [0, 0.05) is 18.6 Å². The predicted octanol–water partition coefficient (Wildman–Crippen LogP) is 2.03. The van der Waals surface area contributed by atoms with Crippen LogP contribution in [-0.2, 0) is 16.1 Å². The number of aromatic nitrogens is 1. The number of nitrogens with one attached hydrogen (secondary N) is 1. The van der Waals surface area contributed by atoms with Crippen LogP contribution in [0, 0.1) is 0 Å². The third-order valence-corrected chi connectivity index (χ3v) is 3.47. The van der Waals surface area contributed by atoms with Crippen molar-refractivity contribution in [3.8, 4) is 0 Å². The Morgan fingerprint density at radius 2 is 2.10 bits per heavy atom. The fourth-order valence-corrected chi connectivity index (χ4v) is 2.21. The summed E-state index contributed by atoms with van der Waals surface area (Å²) < 4.78 is 4.97. The SMILES string of the molecule is CN(CC(=O)NC(=O)OCc1ccccc1)c1nccs1. The molecule has 0 saturated carbocycles. The second-order valence-corrected chi connectivity index (χ2v) is 5.15. The highest BCUT2D eigenvalue weighted by atomic mass is 32.1. The van der Waals surface area contributed by atoms with Crippen LogP contribution in [0.25, 0.3) is 0 Å². The molecule has 2 aromatic rings. The summed E-state index contributed by atoms with van der Waals surface area (Å²) in [5.74, 6) is -0.439. The topological polar surface area (TPSA) is 71.5 Å². The molecule has 0 atom stereocenters.